The summed E-state index contributed by atoms with van der Waals surface area (Å²) in [6.07, 6.45) is 0. The van der Waals surface area contributed by atoms with Crippen molar-refractivity contribution in [2.45, 2.75) is 19.8 Å². The molecule has 0 unspecified atom stereocenters. The highest BCUT2D eigenvalue weighted by Crippen LogP contribution is 2.30. The lowest BCUT2D eigenvalue weighted by Crippen LogP contribution is -2.26. The lowest BCUT2D eigenvalue weighted by atomic mass is 9.95. The third-order valence-electron chi connectivity index (χ3n) is 2.73. The smallest absolute Gasteiger partial charge is 0.324 e. The highest BCUT2D eigenvalue weighted by Gasteiger charge is 2.34. The Kier molecular flexibility index (Phi) is 6.37. The molecule has 6 nitrogen and oxygen atoms in total. The Bertz CT molecular complexity index is 655. The molecule has 1 aromatic rings. The number of nitrogens with zero attached hydrogens (tertiary/aromatic N) is 2. The first-order valence-corrected chi connectivity index (χ1v) is 6.84. The first kappa shape index (κ1) is 17.5. The number of nitriles is 2. The summed E-state index contributed by atoms with van der Waals surface area (Å²) in [5, 5.41) is 18.0. The minimum atomic E-state index is -1.40. The van der Waals surface area contributed by atoms with Gasteiger partial charge in [0.05, 0.1) is 24.3 Å². The second-order valence-electron chi connectivity index (χ2n) is 4.08. The van der Waals surface area contributed by atoms with Gasteiger partial charge in [0.15, 0.2) is 5.92 Å². The van der Waals surface area contributed by atoms with Crippen molar-refractivity contribution in [2.75, 3.05) is 13.2 Å². The van der Waals surface area contributed by atoms with E-state index in [-0.39, 0.29) is 34.9 Å². The summed E-state index contributed by atoms with van der Waals surface area (Å²) >= 11 is 6.04. The highest BCUT2D eigenvalue weighted by molar-refractivity contribution is 6.32. The Morgan fingerprint density at radius 1 is 1.09 bits per heavy atom. The zero-order chi connectivity index (χ0) is 16.7. The van der Waals surface area contributed by atoms with Gasteiger partial charge in [-0.1, -0.05) is 11.6 Å². The molecule has 0 aliphatic heterocycles. The van der Waals surface area contributed by atoms with Gasteiger partial charge in [-0.3, -0.25) is 9.59 Å². The molecule has 22 heavy (non-hydrogen) atoms. The van der Waals surface area contributed by atoms with E-state index in [2.05, 4.69) is 0 Å². The maximum atomic E-state index is 12.0. The number of halogens is 1. The van der Waals surface area contributed by atoms with Gasteiger partial charge in [0.2, 0.25) is 0 Å². The Hall–Kier alpha value is -2.57. The van der Waals surface area contributed by atoms with Crippen molar-refractivity contribution in [3.63, 3.8) is 0 Å². The molecule has 0 aromatic heterocycles. The molecule has 0 atom stereocenters. The Morgan fingerprint density at radius 3 is 1.95 bits per heavy atom. The van der Waals surface area contributed by atoms with Crippen molar-refractivity contribution < 1.29 is 19.1 Å². The van der Waals surface area contributed by atoms with E-state index >= 15 is 0 Å². The van der Waals surface area contributed by atoms with Crippen LogP contribution < -0.4 is 0 Å². The molecular weight excluding hydrogens is 308 g/mol. The Labute approximate surface area is 132 Å². The third kappa shape index (κ3) is 3.75. The lowest BCUT2D eigenvalue weighted by molar-refractivity contribution is -0.156. The number of carbonyl (C=O) groups is 2. The zero-order valence-corrected chi connectivity index (χ0v) is 12.8. The van der Waals surface area contributed by atoms with Gasteiger partial charge in [-0.25, -0.2) is 0 Å². The van der Waals surface area contributed by atoms with E-state index in [1.165, 1.54) is 12.1 Å². The highest BCUT2D eigenvalue weighted by atomic mass is 35.5. The van der Waals surface area contributed by atoms with Gasteiger partial charge in [0.25, 0.3) is 0 Å². The van der Waals surface area contributed by atoms with Crippen molar-refractivity contribution in [3.8, 4) is 12.1 Å². The van der Waals surface area contributed by atoms with Gasteiger partial charge in [0, 0.05) is 5.02 Å². The van der Waals surface area contributed by atoms with Crippen molar-refractivity contribution in [3.05, 3.63) is 33.8 Å². The quantitative estimate of drug-likeness (QED) is 0.609. The predicted octanol–water partition coefficient (Wildman–Crippen LogP) is 2.29. The average Bonchev–Trinajstić information content (AvgIpc) is 2.49. The molecule has 7 heteroatoms. The van der Waals surface area contributed by atoms with Gasteiger partial charge in [-0.15, -0.1) is 0 Å². The van der Waals surface area contributed by atoms with E-state index in [1.807, 2.05) is 12.1 Å². The summed E-state index contributed by atoms with van der Waals surface area (Å²) < 4.78 is 9.73. The second-order valence-corrected chi connectivity index (χ2v) is 4.49. The van der Waals surface area contributed by atoms with E-state index in [1.54, 1.807) is 13.8 Å². The summed E-state index contributed by atoms with van der Waals surface area (Å²) in [7, 11) is 0. The molecule has 1 aromatic carbocycles. The largest absolute Gasteiger partial charge is 0.465 e. The number of rotatable bonds is 5. The lowest BCUT2D eigenvalue weighted by Gasteiger charge is -2.16. The summed E-state index contributed by atoms with van der Waals surface area (Å²) in [6, 6.07) is 6.12. The van der Waals surface area contributed by atoms with Gasteiger partial charge in [-0.2, -0.15) is 10.5 Å². The number of carbonyl (C=O) groups excluding carboxylic acids is 2. The normalized spacial score (nSPS) is 9.73. The van der Waals surface area contributed by atoms with Crippen molar-refractivity contribution in [2.24, 2.45) is 0 Å². The molecule has 0 saturated carbocycles. The summed E-state index contributed by atoms with van der Waals surface area (Å²) in [6.45, 7) is 3.35. The molecule has 0 bridgehead atoms. The fraction of sp³-hybridized carbons (Fsp3) is 0.333. The van der Waals surface area contributed by atoms with Crippen LogP contribution in [0.5, 0.6) is 0 Å². The maximum Gasteiger partial charge on any atom is 0.324 e. The van der Waals surface area contributed by atoms with Crippen LogP contribution in [0.2, 0.25) is 5.02 Å². The predicted molar refractivity (Wildman–Crippen MR) is 76.9 cm³/mol. The summed E-state index contributed by atoms with van der Waals surface area (Å²) in [4.78, 5) is 24.1. The van der Waals surface area contributed by atoms with Crippen LogP contribution in [0.3, 0.4) is 0 Å². The fourth-order valence-corrected chi connectivity index (χ4v) is 2.07. The zero-order valence-electron chi connectivity index (χ0n) is 12.1. The van der Waals surface area contributed by atoms with Crippen LogP contribution in [-0.4, -0.2) is 25.2 Å². The van der Waals surface area contributed by atoms with Crippen LogP contribution in [0.4, 0.5) is 0 Å². The summed E-state index contributed by atoms with van der Waals surface area (Å²) in [5.41, 5.74) is 0.150. The molecule has 0 saturated heterocycles. The number of ether oxygens (including phenoxy) is 2. The molecular formula is C15H13ClN2O4. The SMILES string of the molecule is CCOC(=O)C(C(=O)OCC)c1cc(C#N)c(C#N)cc1Cl. The van der Waals surface area contributed by atoms with E-state index < -0.39 is 17.9 Å². The van der Waals surface area contributed by atoms with Crippen molar-refractivity contribution in [1.29, 1.82) is 10.5 Å². The number of esters is 2. The number of hydrogen-bond acceptors (Lipinski definition) is 6. The molecule has 0 heterocycles. The van der Waals surface area contributed by atoms with Gasteiger partial charge in [-0.05, 0) is 31.5 Å². The molecule has 114 valence electrons. The van der Waals surface area contributed by atoms with Gasteiger partial charge in [0.1, 0.15) is 12.1 Å². The van der Waals surface area contributed by atoms with Crippen LogP contribution >= 0.6 is 11.6 Å². The van der Waals surface area contributed by atoms with E-state index in [0.29, 0.717) is 0 Å². The van der Waals surface area contributed by atoms with Crippen LogP contribution in [0.1, 0.15) is 36.5 Å². The van der Waals surface area contributed by atoms with E-state index in [9.17, 15) is 9.59 Å². The first-order valence-electron chi connectivity index (χ1n) is 6.46. The van der Waals surface area contributed by atoms with Crippen molar-refractivity contribution in [1.82, 2.24) is 0 Å². The molecule has 0 aliphatic rings. The molecule has 0 fully saturated rings. The van der Waals surface area contributed by atoms with Crippen LogP contribution in [0.15, 0.2) is 12.1 Å². The minimum Gasteiger partial charge on any atom is -0.465 e. The molecule has 1 rings (SSSR count). The number of hydrogen-bond donors (Lipinski definition) is 0. The summed E-state index contributed by atoms with van der Waals surface area (Å²) in [5.74, 6) is -3.04. The average molecular weight is 321 g/mol. The second kappa shape index (κ2) is 8.02. The monoisotopic (exact) mass is 320 g/mol. The number of benzene rings is 1. The fourth-order valence-electron chi connectivity index (χ4n) is 1.80. The van der Waals surface area contributed by atoms with E-state index in [0.717, 1.165) is 0 Å². The Balaban J connectivity index is 3.43. The molecule has 0 aliphatic carbocycles. The molecule has 0 amide bonds. The van der Waals surface area contributed by atoms with Gasteiger partial charge < -0.3 is 9.47 Å². The molecule has 0 N–H and O–H groups in total. The minimum absolute atomic E-state index is 0.0143. The molecule has 0 radical (unpaired) electrons. The third-order valence-corrected chi connectivity index (χ3v) is 3.06. The van der Waals surface area contributed by atoms with E-state index in [4.69, 9.17) is 31.6 Å². The Morgan fingerprint density at radius 2 is 1.55 bits per heavy atom. The standard InChI is InChI=1S/C15H13ClN2O4/c1-3-21-14(19)13(15(20)22-4-2)11-5-9(7-17)10(8-18)6-12(11)16/h5-6,13H,3-4H2,1-2H3. The first-order chi connectivity index (χ1) is 10.5. The van der Waals surface area contributed by atoms with Gasteiger partial charge >= 0.3 is 11.9 Å². The van der Waals surface area contributed by atoms with Crippen LogP contribution in [0, 0.1) is 22.7 Å². The topological polar surface area (TPSA) is 100 Å². The molecule has 0 spiro atoms. The van der Waals surface area contributed by atoms with Crippen LogP contribution in [0.25, 0.3) is 0 Å². The van der Waals surface area contributed by atoms with Crippen molar-refractivity contribution >= 4 is 23.5 Å². The maximum absolute atomic E-state index is 12.0. The van der Waals surface area contributed by atoms with Crippen LogP contribution in [-0.2, 0) is 19.1 Å².